The maximum Gasteiger partial charge on any atom is 0.269 e. The molecular weight excluding hydrogens is 254 g/mol. The van der Waals surface area contributed by atoms with E-state index in [0.717, 1.165) is 17.5 Å². The average Bonchev–Trinajstić information content (AvgIpc) is 3.02. The van der Waals surface area contributed by atoms with Crippen LogP contribution in [0.15, 0.2) is 28.7 Å². The number of para-hydroxylation sites is 1. The van der Waals surface area contributed by atoms with Crippen molar-refractivity contribution >= 4 is 16.9 Å². The van der Waals surface area contributed by atoms with Crippen LogP contribution in [0.25, 0.3) is 11.0 Å². The Hall–Kier alpha value is -1.85. The smallest absolute Gasteiger partial charge is 0.269 e. The summed E-state index contributed by atoms with van der Waals surface area (Å²) in [6.07, 6.45) is 2.39. The molecule has 1 aromatic heterocycles. The van der Waals surface area contributed by atoms with Crippen molar-refractivity contribution in [1.82, 2.24) is 10.3 Å². The summed E-state index contributed by atoms with van der Waals surface area (Å²) >= 11 is 0. The van der Waals surface area contributed by atoms with E-state index in [4.69, 9.17) is 10.3 Å². The van der Waals surface area contributed by atoms with E-state index in [1.165, 1.54) is 12.8 Å². The lowest BCUT2D eigenvalue weighted by Gasteiger charge is -2.19. The number of nitrogen functional groups attached to an aromatic ring is 1. The number of hydrogen-bond donors (Lipinski definition) is 2. The molecule has 1 aliphatic heterocycles. The predicted octanol–water partition coefficient (Wildman–Crippen LogP) is 2.02. The first kappa shape index (κ1) is 13.1. The van der Waals surface area contributed by atoms with Gasteiger partial charge in [0.2, 0.25) is 0 Å². The first-order valence-electron chi connectivity index (χ1n) is 6.96. The zero-order valence-electron chi connectivity index (χ0n) is 11.6. The number of carbonyl (C=O) groups is 1. The number of carbonyl (C=O) groups excluding carboxylic acids is 1. The number of rotatable bonds is 3. The highest BCUT2D eigenvalue weighted by molar-refractivity contribution is 6.07. The minimum absolute atomic E-state index is 0.295. The minimum Gasteiger partial charge on any atom is -0.459 e. The number of nitrogens with one attached hydrogen (secondary N) is 1. The molecule has 3 rings (SSSR count). The Morgan fingerprint density at radius 1 is 1.50 bits per heavy atom. The summed E-state index contributed by atoms with van der Waals surface area (Å²) in [7, 11) is 0. The van der Waals surface area contributed by atoms with E-state index in [2.05, 4.69) is 17.2 Å². The van der Waals surface area contributed by atoms with Gasteiger partial charge in [-0.3, -0.25) is 15.1 Å². The number of fused-ring (bicyclic) bond motifs is 1. The number of nitrogens with zero attached hydrogens (tertiary/aromatic N) is 1. The molecule has 2 aromatic rings. The summed E-state index contributed by atoms with van der Waals surface area (Å²) in [5.74, 6) is 5.71. The van der Waals surface area contributed by atoms with Gasteiger partial charge in [0.25, 0.3) is 5.91 Å². The normalized spacial score (nSPS) is 19.6. The SMILES string of the molecule is CC1CCCN1Cc1oc2ccccc2c1C(=O)NN. The van der Waals surface area contributed by atoms with Gasteiger partial charge < -0.3 is 4.42 Å². The fourth-order valence-corrected chi connectivity index (χ4v) is 2.94. The lowest BCUT2D eigenvalue weighted by atomic mass is 10.1. The Labute approximate surface area is 117 Å². The number of nitrogens with two attached hydrogens (primary N) is 1. The molecule has 0 saturated carbocycles. The molecule has 5 nitrogen and oxygen atoms in total. The Balaban J connectivity index is 2.02. The van der Waals surface area contributed by atoms with Gasteiger partial charge >= 0.3 is 0 Å². The standard InChI is InChI=1S/C15H19N3O2/c1-10-5-4-8-18(10)9-13-14(15(19)17-16)11-6-2-3-7-12(11)20-13/h2-3,6-7,10H,4-5,8-9,16H2,1H3,(H,17,19). The van der Waals surface area contributed by atoms with Crippen molar-refractivity contribution in [3.05, 3.63) is 35.6 Å². The van der Waals surface area contributed by atoms with Crippen LogP contribution in [0, 0.1) is 0 Å². The van der Waals surface area contributed by atoms with Crippen molar-refractivity contribution in [2.45, 2.75) is 32.4 Å². The van der Waals surface area contributed by atoms with Gasteiger partial charge in [-0.1, -0.05) is 18.2 Å². The lowest BCUT2D eigenvalue weighted by Crippen LogP contribution is -2.32. The molecule has 0 bridgehead atoms. The van der Waals surface area contributed by atoms with Gasteiger partial charge in [-0.25, -0.2) is 5.84 Å². The molecule has 1 aromatic carbocycles. The molecule has 3 N–H and O–H groups in total. The fraction of sp³-hybridized carbons (Fsp3) is 0.400. The van der Waals surface area contributed by atoms with Gasteiger partial charge in [-0.15, -0.1) is 0 Å². The third-order valence-electron chi connectivity index (χ3n) is 4.06. The second kappa shape index (κ2) is 5.26. The van der Waals surface area contributed by atoms with Crippen molar-refractivity contribution < 1.29 is 9.21 Å². The fourth-order valence-electron chi connectivity index (χ4n) is 2.94. The zero-order valence-corrected chi connectivity index (χ0v) is 11.6. The molecule has 0 radical (unpaired) electrons. The molecule has 5 heteroatoms. The highest BCUT2D eigenvalue weighted by Crippen LogP contribution is 2.29. The number of hydrazine groups is 1. The van der Waals surface area contributed by atoms with Gasteiger partial charge in [0.05, 0.1) is 12.1 Å². The molecule has 1 saturated heterocycles. The third kappa shape index (κ3) is 2.19. The first-order chi connectivity index (χ1) is 9.70. The van der Waals surface area contributed by atoms with Gasteiger partial charge in [0, 0.05) is 11.4 Å². The zero-order chi connectivity index (χ0) is 14.1. The minimum atomic E-state index is -0.295. The third-order valence-corrected chi connectivity index (χ3v) is 4.06. The second-order valence-corrected chi connectivity index (χ2v) is 5.33. The average molecular weight is 273 g/mol. The quantitative estimate of drug-likeness (QED) is 0.510. The van der Waals surface area contributed by atoms with Crippen molar-refractivity contribution in [3.63, 3.8) is 0 Å². The van der Waals surface area contributed by atoms with E-state index >= 15 is 0 Å². The molecule has 1 fully saturated rings. The topological polar surface area (TPSA) is 71.5 Å². The molecule has 20 heavy (non-hydrogen) atoms. The maximum absolute atomic E-state index is 12.1. The van der Waals surface area contributed by atoms with Crippen molar-refractivity contribution in [3.8, 4) is 0 Å². The van der Waals surface area contributed by atoms with Gasteiger partial charge in [0.15, 0.2) is 0 Å². The second-order valence-electron chi connectivity index (χ2n) is 5.33. The molecule has 106 valence electrons. The van der Waals surface area contributed by atoms with E-state index in [-0.39, 0.29) is 5.91 Å². The molecular formula is C15H19N3O2. The monoisotopic (exact) mass is 273 g/mol. The Kier molecular flexibility index (Phi) is 3.46. The first-order valence-corrected chi connectivity index (χ1v) is 6.96. The van der Waals surface area contributed by atoms with Crippen molar-refractivity contribution in [2.75, 3.05) is 6.54 Å². The van der Waals surface area contributed by atoms with Crippen LogP contribution in [0.4, 0.5) is 0 Å². The van der Waals surface area contributed by atoms with E-state index in [0.29, 0.717) is 23.9 Å². The molecule has 1 aliphatic rings. The van der Waals surface area contributed by atoms with Crippen LogP contribution in [-0.2, 0) is 6.54 Å². The maximum atomic E-state index is 12.1. The molecule has 1 atom stereocenters. The summed E-state index contributed by atoms with van der Waals surface area (Å²) in [6, 6.07) is 8.09. The summed E-state index contributed by atoms with van der Waals surface area (Å²) < 4.78 is 5.87. The molecule has 0 spiro atoms. The van der Waals surface area contributed by atoms with Crippen LogP contribution in [0.5, 0.6) is 0 Å². The number of likely N-dealkylation sites (tertiary alicyclic amines) is 1. The van der Waals surface area contributed by atoms with Crippen LogP contribution in [0.2, 0.25) is 0 Å². The Bertz CT molecular complexity index is 635. The molecule has 1 amide bonds. The summed E-state index contributed by atoms with van der Waals surface area (Å²) in [5, 5.41) is 0.817. The molecule has 0 aliphatic carbocycles. The van der Waals surface area contributed by atoms with Crippen LogP contribution < -0.4 is 11.3 Å². The van der Waals surface area contributed by atoms with Crippen LogP contribution in [0.1, 0.15) is 35.9 Å². The van der Waals surface area contributed by atoms with Crippen LogP contribution >= 0.6 is 0 Å². The largest absolute Gasteiger partial charge is 0.459 e. The van der Waals surface area contributed by atoms with Crippen molar-refractivity contribution in [1.29, 1.82) is 0 Å². The van der Waals surface area contributed by atoms with E-state index in [1.807, 2.05) is 24.3 Å². The Morgan fingerprint density at radius 3 is 3.00 bits per heavy atom. The molecule has 2 heterocycles. The van der Waals surface area contributed by atoms with E-state index in [9.17, 15) is 4.79 Å². The Morgan fingerprint density at radius 2 is 2.30 bits per heavy atom. The van der Waals surface area contributed by atoms with E-state index in [1.54, 1.807) is 0 Å². The van der Waals surface area contributed by atoms with Gasteiger partial charge in [-0.05, 0) is 32.4 Å². The number of benzene rings is 1. The van der Waals surface area contributed by atoms with Crippen LogP contribution in [-0.4, -0.2) is 23.4 Å². The van der Waals surface area contributed by atoms with Gasteiger partial charge in [0.1, 0.15) is 11.3 Å². The highest BCUT2D eigenvalue weighted by atomic mass is 16.3. The number of hydrogen-bond acceptors (Lipinski definition) is 4. The number of amides is 1. The highest BCUT2D eigenvalue weighted by Gasteiger charge is 2.26. The van der Waals surface area contributed by atoms with E-state index < -0.39 is 0 Å². The summed E-state index contributed by atoms with van der Waals surface area (Å²) in [5.41, 5.74) is 3.51. The van der Waals surface area contributed by atoms with Gasteiger partial charge in [-0.2, -0.15) is 0 Å². The van der Waals surface area contributed by atoms with Crippen molar-refractivity contribution in [2.24, 2.45) is 5.84 Å². The summed E-state index contributed by atoms with van der Waals surface area (Å²) in [4.78, 5) is 14.4. The number of furan rings is 1. The lowest BCUT2D eigenvalue weighted by molar-refractivity contribution is 0.0951. The predicted molar refractivity (Wildman–Crippen MR) is 77.0 cm³/mol. The summed E-state index contributed by atoms with van der Waals surface area (Å²) in [6.45, 7) is 3.90. The van der Waals surface area contributed by atoms with Crippen LogP contribution in [0.3, 0.4) is 0 Å². The molecule has 1 unspecified atom stereocenters.